The molecule has 0 aromatic rings. The van der Waals surface area contributed by atoms with Crippen molar-refractivity contribution in [2.45, 2.75) is 25.7 Å². The van der Waals surface area contributed by atoms with Crippen molar-refractivity contribution in [1.82, 2.24) is 14.3 Å². The Morgan fingerprint density at radius 3 is 2.56 bits per heavy atom. The molecule has 0 saturated heterocycles. The number of nitrogens with one attached hydrogen (secondary N) is 2. The molecule has 0 radical (unpaired) electrons. The molecule has 5 nitrogen and oxygen atoms in total. The summed E-state index contributed by atoms with van der Waals surface area (Å²) in [4.78, 5) is 0. The molecule has 6 heteroatoms. The van der Waals surface area contributed by atoms with Gasteiger partial charge in [0.15, 0.2) is 0 Å². The van der Waals surface area contributed by atoms with Crippen LogP contribution >= 0.6 is 0 Å². The van der Waals surface area contributed by atoms with Gasteiger partial charge in [-0.05, 0) is 38.8 Å². The quantitative estimate of drug-likeness (QED) is 0.603. The second-order valence-corrected chi connectivity index (χ2v) is 6.29. The maximum absolute atomic E-state index is 11.8. The van der Waals surface area contributed by atoms with Gasteiger partial charge in [0.25, 0.3) is 10.2 Å². The summed E-state index contributed by atoms with van der Waals surface area (Å²) in [6.45, 7) is 1.99. The molecule has 0 aromatic heterocycles. The fraction of sp³-hybridized carbons (Fsp3) is 1.00. The van der Waals surface area contributed by atoms with E-state index in [0.717, 1.165) is 25.8 Å². The summed E-state index contributed by atoms with van der Waals surface area (Å²) < 4.78 is 27.6. The van der Waals surface area contributed by atoms with Gasteiger partial charge in [-0.15, -0.1) is 0 Å². The van der Waals surface area contributed by atoms with Gasteiger partial charge in [0, 0.05) is 20.1 Å². The number of hydrogen-bond donors (Lipinski definition) is 2. The summed E-state index contributed by atoms with van der Waals surface area (Å²) in [6, 6.07) is 0. The lowest BCUT2D eigenvalue weighted by molar-refractivity contribution is 0.313. The normalized spacial score (nSPS) is 17.7. The Bertz CT molecular complexity index is 288. The van der Waals surface area contributed by atoms with E-state index < -0.39 is 10.2 Å². The molecule has 1 rings (SSSR count). The van der Waals surface area contributed by atoms with Crippen LogP contribution in [-0.2, 0) is 10.2 Å². The Morgan fingerprint density at radius 1 is 1.38 bits per heavy atom. The third-order valence-corrected chi connectivity index (χ3v) is 4.62. The Kier molecular flexibility index (Phi) is 5.68. The molecule has 1 fully saturated rings. The minimum absolute atomic E-state index is 0.556. The zero-order valence-electron chi connectivity index (χ0n) is 10.2. The van der Waals surface area contributed by atoms with Crippen molar-refractivity contribution < 1.29 is 8.42 Å². The number of rotatable bonds is 8. The van der Waals surface area contributed by atoms with E-state index in [1.165, 1.54) is 10.7 Å². The average Bonchev–Trinajstić information content (AvgIpc) is 2.15. The predicted octanol–water partition coefficient (Wildman–Crippen LogP) is 0.162. The molecule has 96 valence electrons. The largest absolute Gasteiger partial charge is 0.320 e. The predicted molar refractivity (Wildman–Crippen MR) is 65.4 cm³/mol. The number of hydrogen-bond acceptors (Lipinski definition) is 3. The van der Waals surface area contributed by atoms with Gasteiger partial charge >= 0.3 is 0 Å². The molecule has 2 N–H and O–H groups in total. The van der Waals surface area contributed by atoms with Crippen LogP contribution in [0.1, 0.15) is 25.7 Å². The Balaban J connectivity index is 2.24. The van der Waals surface area contributed by atoms with E-state index in [9.17, 15) is 8.42 Å². The van der Waals surface area contributed by atoms with E-state index in [-0.39, 0.29) is 0 Å². The maximum atomic E-state index is 11.8. The molecule has 0 unspecified atom stereocenters. The topological polar surface area (TPSA) is 61.4 Å². The molecule has 0 heterocycles. The maximum Gasteiger partial charge on any atom is 0.279 e. The van der Waals surface area contributed by atoms with E-state index in [2.05, 4.69) is 10.0 Å². The zero-order chi connectivity index (χ0) is 12.0. The van der Waals surface area contributed by atoms with E-state index in [1.807, 2.05) is 7.05 Å². The second-order valence-electron chi connectivity index (χ2n) is 4.43. The Morgan fingerprint density at radius 2 is 2.06 bits per heavy atom. The van der Waals surface area contributed by atoms with Crippen LogP contribution in [0.3, 0.4) is 0 Å². The molecule has 1 aliphatic carbocycles. The first-order valence-corrected chi connectivity index (χ1v) is 7.36. The molecule has 0 amide bonds. The van der Waals surface area contributed by atoms with Gasteiger partial charge < -0.3 is 5.32 Å². The summed E-state index contributed by atoms with van der Waals surface area (Å²) in [5.41, 5.74) is 0. The summed E-state index contributed by atoms with van der Waals surface area (Å²) in [6.07, 6.45) is 4.39. The smallest absolute Gasteiger partial charge is 0.279 e. The summed E-state index contributed by atoms with van der Waals surface area (Å²) in [5.74, 6) is 0.556. The van der Waals surface area contributed by atoms with Crippen molar-refractivity contribution in [3.8, 4) is 0 Å². The van der Waals surface area contributed by atoms with Crippen LogP contribution in [0.4, 0.5) is 0 Å². The van der Waals surface area contributed by atoms with E-state index in [4.69, 9.17) is 0 Å². The minimum Gasteiger partial charge on any atom is -0.320 e. The van der Waals surface area contributed by atoms with E-state index in [0.29, 0.717) is 19.0 Å². The number of nitrogens with zero attached hydrogens (tertiary/aromatic N) is 1. The van der Waals surface area contributed by atoms with Gasteiger partial charge in [-0.25, -0.2) is 4.72 Å². The lowest BCUT2D eigenvalue weighted by Gasteiger charge is -2.26. The SMILES string of the molecule is CNCCCN(C)S(=O)(=O)NCC1CCC1. The second kappa shape index (κ2) is 6.54. The lowest BCUT2D eigenvalue weighted by Crippen LogP contribution is -2.42. The van der Waals surface area contributed by atoms with Crippen molar-refractivity contribution in [1.29, 1.82) is 0 Å². The zero-order valence-corrected chi connectivity index (χ0v) is 11.0. The van der Waals surface area contributed by atoms with Gasteiger partial charge in [0.1, 0.15) is 0 Å². The van der Waals surface area contributed by atoms with Crippen molar-refractivity contribution in [2.75, 3.05) is 33.7 Å². The summed E-state index contributed by atoms with van der Waals surface area (Å²) in [5, 5.41) is 3.00. The molecule has 16 heavy (non-hydrogen) atoms. The van der Waals surface area contributed by atoms with Crippen LogP contribution in [0.25, 0.3) is 0 Å². The first kappa shape index (κ1) is 13.9. The van der Waals surface area contributed by atoms with Crippen LogP contribution in [-0.4, -0.2) is 46.5 Å². The highest BCUT2D eigenvalue weighted by atomic mass is 32.2. The highest BCUT2D eigenvalue weighted by Crippen LogP contribution is 2.25. The molecule has 0 atom stereocenters. The van der Waals surface area contributed by atoms with Crippen LogP contribution < -0.4 is 10.0 Å². The average molecular weight is 249 g/mol. The third-order valence-electron chi connectivity index (χ3n) is 3.09. The van der Waals surface area contributed by atoms with Crippen molar-refractivity contribution in [2.24, 2.45) is 5.92 Å². The minimum atomic E-state index is -3.26. The van der Waals surface area contributed by atoms with Crippen LogP contribution in [0, 0.1) is 5.92 Å². The fourth-order valence-electron chi connectivity index (χ4n) is 1.63. The first-order valence-electron chi connectivity index (χ1n) is 5.92. The molecule has 0 aliphatic heterocycles. The van der Waals surface area contributed by atoms with Crippen molar-refractivity contribution in [3.05, 3.63) is 0 Å². The summed E-state index contributed by atoms with van der Waals surface area (Å²) in [7, 11) is 0.232. The summed E-state index contributed by atoms with van der Waals surface area (Å²) >= 11 is 0. The van der Waals surface area contributed by atoms with Gasteiger partial charge in [0.2, 0.25) is 0 Å². The lowest BCUT2D eigenvalue weighted by atomic mass is 9.86. The molecule has 0 spiro atoms. The first-order chi connectivity index (χ1) is 7.56. The molecule has 1 saturated carbocycles. The van der Waals surface area contributed by atoms with E-state index in [1.54, 1.807) is 7.05 Å². The van der Waals surface area contributed by atoms with Gasteiger partial charge in [-0.2, -0.15) is 12.7 Å². The van der Waals surface area contributed by atoms with Crippen LogP contribution in [0.15, 0.2) is 0 Å². The highest BCUT2D eigenvalue weighted by molar-refractivity contribution is 7.87. The Labute approximate surface area is 98.8 Å². The monoisotopic (exact) mass is 249 g/mol. The molecule has 0 aromatic carbocycles. The van der Waals surface area contributed by atoms with Crippen LogP contribution in [0.5, 0.6) is 0 Å². The van der Waals surface area contributed by atoms with E-state index >= 15 is 0 Å². The third kappa shape index (κ3) is 4.37. The van der Waals surface area contributed by atoms with Crippen molar-refractivity contribution in [3.63, 3.8) is 0 Å². The van der Waals surface area contributed by atoms with Gasteiger partial charge in [-0.1, -0.05) is 6.42 Å². The molecular formula is C10H23N3O2S. The van der Waals surface area contributed by atoms with Crippen molar-refractivity contribution >= 4 is 10.2 Å². The standard InChI is InChI=1S/C10H23N3O2S/c1-11-7-4-8-13(2)16(14,15)12-9-10-5-3-6-10/h10-12H,3-9H2,1-2H3. The fourth-order valence-corrected chi connectivity index (χ4v) is 2.67. The van der Waals surface area contributed by atoms with Crippen LogP contribution in [0.2, 0.25) is 0 Å². The molecule has 0 bridgehead atoms. The van der Waals surface area contributed by atoms with Gasteiger partial charge in [-0.3, -0.25) is 0 Å². The molecular weight excluding hydrogens is 226 g/mol. The Hall–Kier alpha value is -0.170. The molecule has 1 aliphatic rings. The van der Waals surface area contributed by atoms with Gasteiger partial charge in [0.05, 0.1) is 0 Å². The highest BCUT2D eigenvalue weighted by Gasteiger charge is 2.22.